The number of aryl methyl sites for hydroxylation is 1. The van der Waals surface area contributed by atoms with Crippen LogP contribution >= 0.6 is 11.3 Å². The van der Waals surface area contributed by atoms with Crippen LogP contribution in [0.4, 0.5) is 0 Å². The number of hydrogen-bond donors (Lipinski definition) is 1. The Hall–Kier alpha value is -0.980. The molecular formula is C13H19N3O2S. The molecule has 1 N–H and O–H groups in total. The lowest BCUT2D eigenvalue weighted by atomic mass is 10.0. The molecule has 2 aliphatic rings. The summed E-state index contributed by atoms with van der Waals surface area (Å²) >= 11 is 1.64. The van der Waals surface area contributed by atoms with Gasteiger partial charge in [-0.2, -0.15) is 0 Å². The van der Waals surface area contributed by atoms with E-state index in [1.807, 2.05) is 12.3 Å². The fourth-order valence-electron chi connectivity index (χ4n) is 2.73. The second-order valence-electron chi connectivity index (χ2n) is 5.13. The SMILES string of the molecule is Cc1csc(C2CN(C3CCCNC3=O)CCO2)n1. The maximum absolute atomic E-state index is 11.9. The van der Waals surface area contributed by atoms with Gasteiger partial charge in [0.15, 0.2) is 0 Å². The van der Waals surface area contributed by atoms with Gasteiger partial charge in [-0.3, -0.25) is 9.69 Å². The van der Waals surface area contributed by atoms with Crippen molar-refractivity contribution < 1.29 is 9.53 Å². The normalized spacial score (nSPS) is 29.2. The Bertz CT molecular complexity index is 462. The molecular weight excluding hydrogens is 262 g/mol. The number of ether oxygens (including phenoxy) is 1. The van der Waals surface area contributed by atoms with Crippen LogP contribution in [0.25, 0.3) is 0 Å². The third kappa shape index (κ3) is 2.80. The summed E-state index contributed by atoms with van der Waals surface area (Å²) < 4.78 is 5.81. The second kappa shape index (κ2) is 5.56. The number of thiazole rings is 1. The third-order valence-electron chi connectivity index (χ3n) is 3.71. The first-order valence-corrected chi connectivity index (χ1v) is 7.67. The van der Waals surface area contributed by atoms with Crippen molar-refractivity contribution in [2.24, 2.45) is 0 Å². The number of amides is 1. The summed E-state index contributed by atoms with van der Waals surface area (Å²) in [6.07, 6.45) is 2.03. The molecule has 104 valence electrons. The highest BCUT2D eigenvalue weighted by atomic mass is 32.1. The summed E-state index contributed by atoms with van der Waals surface area (Å²) in [6, 6.07) is 0.0150. The number of aromatic nitrogens is 1. The van der Waals surface area contributed by atoms with Crippen molar-refractivity contribution in [2.75, 3.05) is 26.2 Å². The molecule has 0 spiro atoms. The smallest absolute Gasteiger partial charge is 0.237 e. The average Bonchev–Trinajstić information content (AvgIpc) is 2.86. The van der Waals surface area contributed by atoms with Crippen molar-refractivity contribution in [1.82, 2.24) is 15.2 Å². The Labute approximate surface area is 117 Å². The molecule has 19 heavy (non-hydrogen) atoms. The van der Waals surface area contributed by atoms with Gasteiger partial charge in [-0.1, -0.05) is 0 Å². The van der Waals surface area contributed by atoms with Gasteiger partial charge in [0.1, 0.15) is 11.1 Å². The molecule has 2 saturated heterocycles. The van der Waals surface area contributed by atoms with Crippen LogP contribution in [0.2, 0.25) is 0 Å². The van der Waals surface area contributed by atoms with E-state index in [-0.39, 0.29) is 18.1 Å². The maximum Gasteiger partial charge on any atom is 0.237 e. The molecule has 0 radical (unpaired) electrons. The highest BCUT2D eigenvalue weighted by molar-refractivity contribution is 7.09. The number of rotatable bonds is 2. The molecule has 6 heteroatoms. The number of carbonyl (C=O) groups excluding carboxylic acids is 1. The molecule has 2 aliphatic heterocycles. The lowest BCUT2D eigenvalue weighted by Gasteiger charge is -2.38. The first-order chi connectivity index (χ1) is 9.24. The minimum absolute atomic E-state index is 0.0150. The molecule has 1 aromatic rings. The van der Waals surface area contributed by atoms with Gasteiger partial charge in [0.2, 0.25) is 5.91 Å². The minimum Gasteiger partial charge on any atom is -0.368 e. The fourth-order valence-corrected chi connectivity index (χ4v) is 3.56. The van der Waals surface area contributed by atoms with E-state index in [1.165, 1.54) is 0 Å². The molecule has 0 saturated carbocycles. The Morgan fingerprint density at radius 3 is 3.21 bits per heavy atom. The average molecular weight is 281 g/mol. The fraction of sp³-hybridized carbons (Fsp3) is 0.692. The van der Waals surface area contributed by atoms with Gasteiger partial charge in [0.25, 0.3) is 0 Å². The Kier molecular flexibility index (Phi) is 3.81. The van der Waals surface area contributed by atoms with Crippen molar-refractivity contribution in [3.8, 4) is 0 Å². The van der Waals surface area contributed by atoms with Gasteiger partial charge >= 0.3 is 0 Å². The summed E-state index contributed by atoms with van der Waals surface area (Å²) in [4.78, 5) is 18.7. The molecule has 2 fully saturated rings. The van der Waals surface area contributed by atoms with Gasteiger partial charge < -0.3 is 10.1 Å². The summed E-state index contributed by atoms with van der Waals surface area (Å²) in [5.41, 5.74) is 1.04. The zero-order valence-electron chi connectivity index (χ0n) is 11.1. The minimum atomic E-state index is 0.0150. The molecule has 1 amide bonds. The van der Waals surface area contributed by atoms with Gasteiger partial charge in [-0.15, -0.1) is 11.3 Å². The number of nitrogens with one attached hydrogen (secondary N) is 1. The van der Waals surface area contributed by atoms with Gasteiger partial charge in [0, 0.05) is 30.7 Å². The first kappa shape index (κ1) is 13.0. The van der Waals surface area contributed by atoms with Gasteiger partial charge in [-0.05, 0) is 19.8 Å². The Morgan fingerprint density at radius 1 is 1.58 bits per heavy atom. The van der Waals surface area contributed by atoms with E-state index in [0.717, 1.165) is 43.2 Å². The molecule has 5 nitrogen and oxygen atoms in total. The second-order valence-corrected chi connectivity index (χ2v) is 6.02. The van der Waals surface area contributed by atoms with Crippen LogP contribution in [0, 0.1) is 6.92 Å². The van der Waals surface area contributed by atoms with Crippen LogP contribution in [0.15, 0.2) is 5.38 Å². The number of hydrogen-bond acceptors (Lipinski definition) is 5. The predicted octanol–water partition coefficient (Wildman–Crippen LogP) is 1.10. The molecule has 3 heterocycles. The van der Waals surface area contributed by atoms with Gasteiger partial charge in [0.05, 0.1) is 12.6 Å². The van der Waals surface area contributed by atoms with Crippen LogP contribution in [0.1, 0.15) is 29.6 Å². The summed E-state index contributed by atoms with van der Waals surface area (Å²) in [7, 11) is 0. The Balaban J connectivity index is 1.69. The van der Waals surface area contributed by atoms with Crippen LogP contribution in [-0.2, 0) is 9.53 Å². The van der Waals surface area contributed by atoms with Crippen LogP contribution in [-0.4, -0.2) is 48.1 Å². The lowest BCUT2D eigenvalue weighted by Crippen LogP contribution is -2.54. The quantitative estimate of drug-likeness (QED) is 0.882. The molecule has 2 atom stereocenters. The molecule has 0 aliphatic carbocycles. The van der Waals surface area contributed by atoms with E-state index in [4.69, 9.17) is 4.74 Å². The van der Waals surface area contributed by atoms with Crippen molar-refractivity contribution in [3.05, 3.63) is 16.1 Å². The van der Waals surface area contributed by atoms with E-state index < -0.39 is 0 Å². The molecule has 2 unspecified atom stereocenters. The standard InChI is InChI=1S/C13H19N3O2S/c1-9-8-19-13(15-9)11-7-16(5-6-18-11)10-3-2-4-14-12(10)17/h8,10-11H,2-7H2,1H3,(H,14,17). The third-order valence-corrected chi connectivity index (χ3v) is 4.76. The summed E-state index contributed by atoms with van der Waals surface area (Å²) in [5, 5.41) is 6.03. The van der Waals surface area contributed by atoms with E-state index in [2.05, 4.69) is 15.2 Å². The van der Waals surface area contributed by atoms with Crippen LogP contribution < -0.4 is 5.32 Å². The maximum atomic E-state index is 11.9. The molecule has 3 rings (SSSR count). The van der Waals surface area contributed by atoms with Gasteiger partial charge in [-0.25, -0.2) is 4.98 Å². The van der Waals surface area contributed by atoms with Crippen molar-refractivity contribution >= 4 is 17.2 Å². The predicted molar refractivity (Wildman–Crippen MR) is 73.1 cm³/mol. The van der Waals surface area contributed by atoms with E-state index >= 15 is 0 Å². The highest BCUT2D eigenvalue weighted by Gasteiger charge is 2.33. The van der Waals surface area contributed by atoms with Crippen molar-refractivity contribution in [3.63, 3.8) is 0 Å². The van der Waals surface area contributed by atoms with E-state index in [9.17, 15) is 4.79 Å². The highest BCUT2D eigenvalue weighted by Crippen LogP contribution is 2.27. The van der Waals surface area contributed by atoms with Crippen molar-refractivity contribution in [2.45, 2.75) is 31.9 Å². The first-order valence-electron chi connectivity index (χ1n) is 6.79. The summed E-state index contributed by atoms with van der Waals surface area (Å²) in [6.45, 7) is 5.08. The van der Waals surface area contributed by atoms with E-state index in [1.54, 1.807) is 11.3 Å². The molecule has 1 aromatic heterocycles. The lowest BCUT2D eigenvalue weighted by molar-refractivity contribution is -0.132. The topological polar surface area (TPSA) is 54.5 Å². The number of nitrogens with zero attached hydrogens (tertiary/aromatic N) is 2. The monoisotopic (exact) mass is 281 g/mol. The van der Waals surface area contributed by atoms with Crippen LogP contribution in [0.5, 0.6) is 0 Å². The zero-order chi connectivity index (χ0) is 13.2. The number of carbonyl (C=O) groups is 1. The van der Waals surface area contributed by atoms with Crippen LogP contribution in [0.3, 0.4) is 0 Å². The van der Waals surface area contributed by atoms with Crippen molar-refractivity contribution in [1.29, 1.82) is 0 Å². The molecule has 0 bridgehead atoms. The summed E-state index contributed by atoms with van der Waals surface area (Å²) in [5.74, 6) is 0.169. The van der Waals surface area contributed by atoms with E-state index in [0.29, 0.717) is 6.61 Å². The zero-order valence-corrected chi connectivity index (χ0v) is 11.9. The number of morpholine rings is 1. The Morgan fingerprint density at radius 2 is 2.47 bits per heavy atom. The number of piperidine rings is 1. The molecule has 0 aromatic carbocycles. The largest absolute Gasteiger partial charge is 0.368 e.